The van der Waals surface area contributed by atoms with Crippen LogP contribution in [0.15, 0.2) is 36.7 Å². The maximum absolute atomic E-state index is 16.2. The number of aliphatic hydroxyl groups excluding tert-OH is 1. The fourth-order valence-electron chi connectivity index (χ4n) is 4.22. The zero-order chi connectivity index (χ0) is 30.8. The number of carbonyl (C=O) groups excluding carboxylic acids is 1. The van der Waals surface area contributed by atoms with Crippen LogP contribution in [0.3, 0.4) is 0 Å². The predicted octanol–water partition coefficient (Wildman–Crippen LogP) is 2.21. The number of nitrogens with zero attached hydrogens (tertiary/aromatic N) is 5. The van der Waals surface area contributed by atoms with Gasteiger partial charge >= 0.3 is 13.7 Å². The quantitative estimate of drug-likeness (QED) is 0.165. The number of esters is 1. The molecule has 4 N–H and O–H groups in total. The number of nitrogens with one attached hydrogen (secondary N) is 1. The fraction of sp³-hybridized carbons (Fsp3) is 0.462. The van der Waals surface area contributed by atoms with E-state index in [1.54, 1.807) is 51.0 Å². The van der Waals surface area contributed by atoms with Crippen LogP contribution < -0.4 is 20.2 Å². The molecule has 42 heavy (non-hydrogen) atoms. The van der Waals surface area contributed by atoms with Gasteiger partial charge in [-0.1, -0.05) is 24.1 Å². The lowest BCUT2D eigenvalue weighted by Crippen LogP contribution is -2.42. The lowest BCUT2D eigenvalue weighted by Gasteiger charge is -2.25. The summed E-state index contributed by atoms with van der Waals surface area (Å²) in [5.41, 5.74) is 3.49. The number of benzene rings is 1. The number of terminal acetylenes is 1. The number of aromatic nitrogens is 4. The number of anilines is 2. The van der Waals surface area contributed by atoms with Crippen molar-refractivity contribution < 1.29 is 37.4 Å². The van der Waals surface area contributed by atoms with Gasteiger partial charge in [0.2, 0.25) is 11.6 Å². The van der Waals surface area contributed by atoms with Gasteiger partial charge in [0.1, 0.15) is 24.0 Å². The molecule has 0 amide bonds. The summed E-state index contributed by atoms with van der Waals surface area (Å²) in [6, 6.07) is 6.93. The Morgan fingerprint density at radius 2 is 2.02 bits per heavy atom. The molecule has 14 nitrogen and oxygen atoms in total. The number of aliphatic hydroxyl groups is 1. The van der Waals surface area contributed by atoms with Gasteiger partial charge in [-0.2, -0.15) is 15.1 Å². The van der Waals surface area contributed by atoms with Crippen molar-refractivity contribution in [3.8, 4) is 18.1 Å². The molecule has 1 fully saturated rings. The zero-order valence-corrected chi connectivity index (χ0v) is 24.6. The Bertz CT molecular complexity index is 1520. The van der Waals surface area contributed by atoms with Crippen LogP contribution in [0.25, 0.3) is 11.2 Å². The number of carbonyl (C=O) groups is 1. The van der Waals surface area contributed by atoms with Gasteiger partial charge in [0.25, 0.3) is 0 Å². The smallest absolute Gasteiger partial charge is 0.459 e. The van der Waals surface area contributed by atoms with Crippen molar-refractivity contribution >= 4 is 36.6 Å². The van der Waals surface area contributed by atoms with Gasteiger partial charge in [-0.25, -0.2) is 13.9 Å². The van der Waals surface area contributed by atoms with Gasteiger partial charge in [-0.15, -0.1) is 6.42 Å². The van der Waals surface area contributed by atoms with Crippen molar-refractivity contribution in [3.63, 3.8) is 0 Å². The molecule has 0 aliphatic carbocycles. The minimum atomic E-state index is -4.34. The van der Waals surface area contributed by atoms with E-state index in [4.69, 9.17) is 30.7 Å². The van der Waals surface area contributed by atoms with E-state index >= 15 is 4.39 Å². The molecule has 0 saturated carbocycles. The minimum absolute atomic E-state index is 0.105. The highest BCUT2D eigenvalue weighted by atomic mass is 31.2. The third-order valence-electron chi connectivity index (χ3n) is 6.20. The normalized spacial score (nSPS) is 24.2. The van der Waals surface area contributed by atoms with Gasteiger partial charge in [-0.3, -0.25) is 13.9 Å². The summed E-state index contributed by atoms with van der Waals surface area (Å²) in [6.45, 7) is 4.09. The summed E-state index contributed by atoms with van der Waals surface area (Å²) in [5.74, 6) is 1.69. The summed E-state index contributed by atoms with van der Waals surface area (Å²) in [4.78, 5) is 26.7. The molecule has 1 unspecified atom stereocenters. The molecule has 2 aromatic heterocycles. The van der Waals surface area contributed by atoms with Crippen molar-refractivity contribution in [2.75, 3.05) is 31.3 Å². The molecule has 3 aromatic rings. The number of nitrogens with two attached hydrogens (primary N) is 1. The monoisotopic (exact) mass is 605 g/mol. The Morgan fingerprint density at radius 3 is 2.64 bits per heavy atom. The molecule has 0 bridgehead atoms. The van der Waals surface area contributed by atoms with E-state index in [0.29, 0.717) is 11.3 Å². The summed E-state index contributed by atoms with van der Waals surface area (Å²) >= 11 is 0. The molecule has 0 spiro atoms. The van der Waals surface area contributed by atoms with E-state index in [9.17, 15) is 14.5 Å². The standard InChI is InChI=1S/C26H33FN7O7P/c1-7-26(27)20(35)18(40-24(26)34-14-29-19-21(33(5)6)30-25(28)31-22(19)34)13-38-42(37,41-17-11-9-8-10-12-17)32-16(4)23(36)39-15(2)3/h1,8-12,14-16,18,20,24,35H,13H2,2-6H3,(H,32,37)(H2,28,30,31)/t16-,18+,20+,24+,26+,42?/m0/s1. The highest BCUT2D eigenvalue weighted by Crippen LogP contribution is 2.48. The summed E-state index contributed by atoms with van der Waals surface area (Å²) < 4.78 is 53.4. The molecule has 16 heteroatoms. The van der Waals surface area contributed by atoms with Crippen LogP contribution in [0.4, 0.5) is 16.2 Å². The first-order valence-electron chi connectivity index (χ1n) is 12.9. The summed E-state index contributed by atoms with van der Waals surface area (Å²) in [7, 11) is -0.905. The van der Waals surface area contributed by atoms with Gasteiger partial charge in [0, 0.05) is 14.1 Å². The summed E-state index contributed by atoms with van der Waals surface area (Å²) in [5, 5.41) is 13.5. The molecule has 0 radical (unpaired) electrons. The second-order valence-electron chi connectivity index (χ2n) is 10.0. The number of alkyl halides is 1. The fourth-order valence-corrected chi connectivity index (χ4v) is 5.72. The molecule has 226 valence electrons. The third-order valence-corrected chi connectivity index (χ3v) is 7.84. The number of ether oxygens (including phenoxy) is 2. The van der Waals surface area contributed by atoms with E-state index in [1.165, 1.54) is 30.0 Å². The number of hydrogen-bond acceptors (Lipinski definition) is 12. The second-order valence-corrected chi connectivity index (χ2v) is 11.7. The maximum Gasteiger partial charge on any atom is 0.459 e. The molecule has 4 rings (SSSR count). The zero-order valence-electron chi connectivity index (χ0n) is 23.7. The van der Waals surface area contributed by atoms with Crippen LogP contribution in [0.5, 0.6) is 5.75 Å². The number of imidazole rings is 1. The van der Waals surface area contributed by atoms with Gasteiger partial charge in [-0.05, 0) is 32.9 Å². The average Bonchev–Trinajstić information content (AvgIpc) is 3.45. The van der Waals surface area contributed by atoms with E-state index in [2.05, 4.69) is 20.0 Å². The minimum Gasteiger partial charge on any atom is -0.462 e. The molecule has 1 aliphatic rings. The van der Waals surface area contributed by atoms with Crippen LogP contribution >= 0.6 is 7.75 Å². The van der Waals surface area contributed by atoms with Gasteiger partial charge < -0.3 is 29.7 Å². The van der Waals surface area contributed by atoms with Crippen LogP contribution in [-0.4, -0.2) is 81.3 Å². The highest BCUT2D eigenvalue weighted by molar-refractivity contribution is 7.52. The molecule has 3 heterocycles. The van der Waals surface area contributed by atoms with E-state index in [1.807, 2.05) is 5.92 Å². The lowest BCUT2D eigenvalue weighted by atomic mass is 9.97. The van der Waals surface area contributed by atoms with Crippen LogP contribution in [0.2, 0.25) is 0 Å². The maximum atomic E-state index is 16.2. The molecule has 6 atom stereocenters. The van der Waals surface area contributed by atoms with Crippen molar-refractivity contribution in [3.05, 3.63) is 36.7 Å². The Morgan fingerprint density at radius 1 is 1.33 bits per heavy atom. The van der Waals surface area contributed by atoms with Crippen LogP contribution in [0, 0.1) is 12.3 Å². The third kappa shape index (κ3) is 6.33. The van der Waals surface area contributed by atoms with E-state index < -0.39 is 56.6 Å². The molecule has 1 aliphatic heterocycles. The Balaban J connectivity index is 1.61. The number of halogens is 1. The first-order valence-corrected chi connectivity index (χ1v) is 14.5. The second kappa shape index (κ2) is 12.2. The number of rotatable bonds is 11. The number of hydrogen-bond donors (Lipinski definition) is 3. The number of nitrogen functional groups attached to an aromatic ring is 1. The molecule has 1 aromatic carbocycles. The molecular formula is C26H33FN7O7P. The Kier molecular flexibility index (Phi) is 9.05. The van der Waals surface area contributed by atoms with E-state index in [0.717, 1.165) is 0 Å². The Labute approximate surface area is 241 Å². The number of para-hydroxylation sites is 1. The van der Waals surface area contributed by atoms with Crippen LogP contribution in [0.1, 0.15) is 27.0 Å². The first-order chi connectivity index (χ1) is 19.8. The highest BCUT2D eigenvalue weighted by Gasteiger charge is 2.58. The Hall–Kier alpha value is -3.80. The largest absolute Gasteiger partial charge is 0.462 e. The first kappa shape index (κ1) is 31.1. The van der Waals surface area contributed by atoms with Gasteiger partial charge in [0.15, 0.2) is 23.2 Å². The predicted molar refractivity (Wildman–Crippen MR) is 151 cm³/mol. The van der Waals surface area contributed by atoms with Crippen molar-refractivity contribution in [1.29, 1.82) is 0 Å². The van der Waals surface area contributed by atoms with Gasteiger partial charge in [0.05, 0.1) is 19.0 Å². The lowest BCUT2D eigenvalue weighted by molar-refractivity contribution is -0.149. The van der Waals surface area contributed by atoms with Crippen molar-refractivity contribution in [2.45, 2.75) is 57.0 Å². The molecule has 1 saturated heterocycles. The SMILES string of the molecule is C#C[C@@]1(F)[C@H](O)[C@@H](COP(=O)(N[C@@H](C)C(=O)OC(C)C)Oc2ccccc2)O[C@H]1n1cnc2c(N(C)C)nc(N)nc21. The summed E-state index contributed by atoms with van der Waals surface area (Å²) in [6.07, 6.45) is 1.36. The topological polar surface area (TPSA) is 176 Å². The van der Waals surface area contributed by atoms with E-state index in [-0.39, 0.29) is 17.3 Å². The van der Waals surface area contributed by atoms with Crippen molar-refractivity contribution in [1.82, 2.24) is 24.6 Å². The van der Waals surface area contributed by atoms with Crippen molar-refractivity contribution in [2.24, 2.45) is 0 Å². The average molecular weight is 606 g/mol. The molecular weight excluding hydrogens is 572 g/mol. The van der Waals surface area contributed by atoms with Crippen LogP contribution in [-0.2, 0) is 23.4 Å². The number of fused-ring (bicyclic) bond motifs is 1.